The van der Waals surface area contributed by atoms with Crippen LogP contribution in [0.4, 0.5) is 16.7 Å². The van der Waals surface area contributed by atoms with Gasteiger partial charge in [-0.05, 0) is 84.6 Å². The van der Waals surface area contributed by atoms with E-state index in [1.807, 2.05) is 9.80 Å². The second-order valence-electron chi connectivity index (χ2n) is 18.9. The number of piperidine rings is 2. The van der Waals surface area contributed by atoms with Crippen molar-refractivity contribution in [2.45, 2.75) is 104 Å². The van der Waals surface area contributed by atoms with Gasteiger partial charge in [-0.25, -0.2) is 24.0 Å². The van der Waals surface area contributed by atoms with Crippen molar-refractivity contribution in [1.82, 2.24) is 52.7 Å². The largest absolute Gasteiger partial charge is 0.465 e. The Morgan fingerprint density at radius 3 is 1.59 bits per heavy atom. The maximum absolute atomic E-state index is 13.9. The van der Waals surface area contributed by atoms with E-state index in [9.17, 15) is 33.6 Å². The van der Waals surface area contributed by atoms with E-state index in [-0.39, 0.29) is 83.1 Å². The molecule has 0 aromatic carbocycles. The van der Waals surface area contributed by atoms with Gasteiger partial charge in [-0.2, -0.15) is 9.97 Å². The van der Waals surface area contributed by atoms with Crippen molar-refractivity contribution >= 4 is 52.3 Å². The zero-order valence-corrected chi connectivity index (χ0v) is 43.6. The number of esters is 2. The van der Waals surface area contributed by atoms with Gasteiger partial charge in [-0.15, -0.1) is 11.8 Å². The first-order valence-corrected chi connectivity index (χ1v) is 24.3. The van der Waals surface area contributed by atoms with Crippen LogP contribution in [-0.2, 0) is 54.5 Å². The predicted molar refractivity (Wildman–Crippen MR) is 279 cm³/mol. The summed E-state index contributed by atoms with van der Waals surface area (Å²) in [4.78, 5) is 113. The number of carbonyl (C=O) groups excluding carboxylic acids is 3. The number of aromatic nitrogens is 10. The lowest BCUT2D eigenvalue weighted by molar-refractivity contribution is 0.0497. The first-order valence-electron chi connectivity index (χ1n) is 24.3. The number of hydrogen-bond acceptors (Lipinski definition) is 17. The maximum atomic E-state index is 13.9. The standard InChI is InChI=1S/C28H35N7O6.C23H27N7O4/c1-7-8-15-34-21-22(31-25(34)33-14-10-11-18(16-33)30-26(38)41-28(2,3)4)32(5)27(39)35(23(21)36)17-20-19(24(37)40-6)12-9-13-29-20;1-4-5-12-29-18-19(26-22(29)28-11-7-8-15(24)13-28)27(2)23(33)30(20(18)31)14-17-16(21(32)34-3)9-6-10-25-17/h9,12-13,18H,10-11,14-17H2,1-6H3,(H,30,38);6,9-10,15H,7-8,11-14,24H2,1-3H3/t18-;15-/m11/s1. The van der Waals surface area contributed by atoms with Crippen LogP contribution in [0.3, 0.4) is 0 Å². The van der Waals surface area contributed by atoms with Gasteiger partial charge in [0.2, 0.25) is 11.9 Å². The molecule has 8 rings (SSSR count). The van der Waals surface area contributed by atoms with Crippen LogP contribution in [0.15, 0.2) is 55.8 Å². The molecule has 2 aliphatic rings. The fourth-order valence-corrected chi connectivity index (χ4v) is 9.06. The molecule has 0 unspecified atom stereocenters. The van der Waals surface area contributed by atoms with Crippen LogP contribution in [-0.4, -0.2) is 123 Å². The molecule has 6 aromatic heterocycles. The van der Waals surface area contributed by atoms with Crippen LogP contribution in [0, 0.1) is 23.7 Å². The molecule has 0 aliphatic carbocycles. The average molecular weight is 1030 g/mol. The minimum absolute atomic E-state index is 0.000599. The second kappa shape index (κ2) is 23.1. The van der Waals surface area contributed by atoms with Crippen molar-refractivity contribution in [1.29, 1.82) is 0 Å². The number of anilines is 2. The molecule has 3 N–H and O–H groups in total. The van der Waals surface area contributed by atoms with E-state index < -0.39 is 46.1 Å². The molecule has 2 saturated heterocycles. The van der Waals surface area contributed by atoms with E-state index >= 15 is 0 Å². The lowest BCUT2D eigenvalue weighted by Crippen LogP contribution is -2.49. The Kier molecular flexibility index (Phi) is 16.7. The van der Waals surface area contributed by atoms with Crippen molar-refractivity contribution in [3.8, 4) is 23.7 Å². The Balaban J connectivity index is 0.000000222. The van der Waals surface area contributed by atoms with Gasteiger partial charge < -0.3 is 35.1 Å². The van der Waals surface area contributed by atoms with E-state index in [4.69, 9.17) is 24.9 Å². The van der Waals surface area contributed by atoms with Crippen molar-refractivity contribution in [3.63, 3.8) is 0 Å². The average Bonchev–Trinajstić information content (AvgIpc) is 4.01. The Morgan fingerprint density at radius 1 is 0.707 bits per heavy atom. The van der Waals surface area contributed by atoms with E-state index in [1.54, 1.807) is 69.0 Å². The Morgan fingerprint density at radius 2 is 1.16 bits per heavy atom. The molecule has 75 heavy (non-hydrogen) atoms. The molecule has 2 atom stereocenters. The van der Waals surface area contributed by atoms with Crippen LogP contribution in [0.2, 0.25) is 0 Å². The molecule has 2 fully saturated rings. The number of ether oxygens (including phenoxy) is 3. The Hall–Kier alpha value is -8.51. The van der Waals surface area contributed by atoms with Gasteiger partial charge >= 0.3 is 29.4 Å². The topological polar surface area (TPSA) is 273 Å². The summed E-state index contributed by atoms with van der Waals surface area (Å²) in [6.45, 7) is 11.2. The number of rotatable bonds is 11. The fraction of sp³-hybridized carbons (Fsp3) is 0.471. The van der Waals surface area contributed by atoms with Crippen LogP contribution in [0.1, 0.15) is 92.4 Å². The number of amides is 1. The zero-order chi connectivity index (χ0) is 54.3. The van der Waals surface area contributed by atoms with Crippen molar-refractivity contribution in [2.75, 3.05) is 50.2 Å². The highest BCUT2D eigenvalue weighted by Gasteiger charge is 2.31. The van der Waals surface area contributed by atoms with E-state index in [1.165, 1.54) is 48.9 Å². The first kappa shape index (κ1) is 54.3. The molecule has 0 bridgehead atoms. The summed E-state index contributed by atoms with van der Waals surface area (Å²) in [5.41, 5.74) is 5.04. The number of fused-ring (bicyclic) bond motifs is 2. The molecule has 0 saturated carbocycles. The SMILES string of the molecule is CC#CCn1c(N2CCC[C@@H](N)C2)nc2c1c(=O)n(Cc1ncccc1C(=O)OC)c(=O)n2C.CC#CCn1c(N2CCC[C@@H](NC(=O)OC(C)(C)C)C2)nc2c1c(=O)n(Cc1ncccc1C(=O)OC)c(=O)n2C. The number of nitrogens with zero attached hydrogens (tertiary/aromatic N) is 12. The zero-order valence-electron chi connectivity index (χ0n) is 43.6. The minimum atomic E-state index is -0.622. The third-order valence-corrected chi connectivity index (χ3v) is 12.6. The highest BCUT2D eigenvalue weighted by Crippen LogP contribution is 2.25. The molecule has 24 heteroatoms. The third-order valence-electron chi connectivity index (χ3n) is 12.6. The summed E-state index contributed by atoms with van der Waals surface area (Å²) in [5.74, 6) is 11.5. The number of pyridine rings is 2. The van der Waals surface area contributed by atoms with Crippen molar-refractivity contribution in [2.24, 2.45) is 19.8 Å². The summed E-state index contributed by atoms with van der Waals surface area (Å²) < 4.78 is 23.2. The third kappa shape index (κ3) is 11.7. The lowest BCUT2D eigenvalue weighted by atomic mass is 10.1. The molecule has 8 heterocycles. The van der Waals surface area contributed by atoms with Gasteiger partial charge in [0, 0.05) is 64.8 Å². The van der Waals surface area contributed by atoms with Crippen LogP contribution in [0.5, 0.6) is 0 Å². The molecular formula is C51H62N14O10. The number of carbonyl (C=O) groups is 3. The van der Waals surface area contributed by atoms with Gasteiger partial charge in [-0.3, -0.25) is 47.0 Å². The number of nitrogens with two attached hydrogens (primary N) is 1. The summed E-state index contributed by atoms with van der Waals surface area (Å²) in [6.07, 6.45) is 5.82. The molecule has 0 radical (unpaired) electrons. The molecule has 396 valence electrons. The summed E-state index contributed by atoms with van der Waals surface area (Å²) >= 11 is 0. The van der Waals surface area contributed by atoms with E-state index in [0.717, 1.165) is 41.4 Å². The van der Waals surface area contributed by atoms with Crippen LogP contribution in [0.25, 0.3) is 22.3 Å². The van der Waals surface area contributed by atoms with E-state index in [2.05, 4.69) is 44.0 Å². The normalized spacial score (nSPS) is 15.5. The molecule has 24 nitrogen and oxygen atoms in total. The monoisotopic (exact) mass is 1030 g/mol. The Bertz CT molecular complexity index is 3540. The molecule has 1 amide bonds. The first-order chi connectivity index (χ1) is 35.8. The van der Waals surface area contributed by atoms with Gasteiger partial charge in [0.1, 0.15) is 5.60 Å². The maximum Gasteiger partial charge on any atom is 0.407 e. The Labute approximate surface area is 431 Å². The van der Waals surface area contributed by atoms with Gasteiger partial charge in [0.25, 0.3) is 11.1 Å². The number of aryl methyl sites for hydroxylation is 2. The van der Waals surface area contributed by atoms with Gasteiger partial charge in [0.05, 0.1) is 62.9 Å². The number of nitrogens with one attached hydrogen (secondary N) is 1. The number of alkyl carbamates (subject to hydrolysis) is 1. The molecular weight excluding hydrogens is 969 g/mol. The van der Waals surface area contributed by atoms with Gasteiger partial charge in [-0.1, -0.05) is 11.8 Å². The van der Waals surface area contributed by atoms with Gasteiger partial charge in [0.15, 0.2) is 22.3 Å². The second-order valence-corrected chi connectivity index (χ2v) is 18.9. The molecule has 0 spiro atoms. The number of imidazole rings is 2. The fourth-order valence-electron chi connectivity index (χ4n) is 9.06. The predicted octanol–water partition coefficient (Wildman–Crippen LogP) is 1.72. The van der Waals surface area contributed by atoms with Crippen LogP contribution < -0.4 is 43.3 Å². The lowest BCUT2D eigenvalue weighted by Gasteiger charge is -2.34. The van der Waals surface area contributed by atoms with Crippen molar-refractivity contribution in [3.05, 3.63) is 101 Å². The molecule has 2 aliphatic heterocycles. The highest BCUT2D eigenvalue weighted by atomic mass is 16.6. The number of hydrogen-bond donors (Lipinski definition) is 2. The summed E-state index contributed by atoms with van der Waals surface area (Å²) in [5, 5.41) is 2.93. The minimum Gasteiger partial charge on any atom is -0.465 e. The summed E-state index contributed by atoms with van der Waals surface area (Å²) in [7, 11) is 5.61. The van der Waals surface area contributed by atoms with E-state index in [0.29, 0.717) is 31.5 Å². The van der Waals surface area contributed by atoms with Crippen LogP contribution >= 0.6 is 0 Å². The molecule has 6 aromatic rings. The van der Waals surface area contributed by atoms with Crippen molar-refractivity contribution < 1.29 is 28.6 Å². The quantitative estimate of drug-likeness (QED) is 0.106. The smallest absolute Gasteiger partial charge is 0.407 e. The number of methoxy groups -OCH3 is 2. The highest BCUT2D eigenvalue weighted by molar-refractivity contribution is 5.91. The summed E-state index contributed by atoms with van der Waals surface area (Å²) in [6, 6.07) is 6.04.